The second kappa shape index (κ2) is 8.02. The summed E-state index contributed by atoms with van der Waals surface area (Å²) in [6, 6.07) is 0. The van der Waals surface area contributed by atoms with Crippen LogP contribution in [0.15, 0.2) is 5.38 Å². The van der Waals surface area contributed by atoms with Crippen molar-refractivity contribution in [2.75, 3.05) is 12.4 Å². The van der Waals surface area contributed by atoms with Crippen LogP contribution in [-0.4, -0.2) is 29.0 Å². The normalized spacial score (nSPS) is 10.9. The Morgan fingerprint density at radius 2 is 2.00 bits per heavy atom. The summed E-state index contributed by atoms with van der Waals surface area (Å²) in [5.74, 6) is -0.849. The van der Waals surface area contributed by atoms with Crippen LogP contribution in [0.4, 0.5) is 5.13 Å². The van der Waals surface area contributed by atoms with Crippen LogP contribution in [-0.2, 0) is 16.7 Å². The molecule has 0 aliphatic heterocycles. The van der Waals surface area contributed by atoms with Crippen molar-refractivity contribution in [2.45, 2.75) is 32.7 Å². The molecule has 132 valence electrons. The van der Waals surface area contributed by atoms with E-state index in [1.54, 1.807) is 5.38 Å². The number of nitrogens with one attached hydrogen (secondary N) is 1. The predicted molar refractivity (Wildman–Crippen MR) is 97.4 cm³/mol. The quantitative estimate of drug-likeness (QED) is 0.777. The number of hydrogen-bond donors (Lipinski definition) is 2. The van der Waals surface area contributed by atoms with Crippen LogP contribution in [0.5, 0.6) is 0 Å². The molecule has 10 heteroatoms. The molecule has 2 rings (SSSR count). The number of methoxy groups -OCH3 is 1. The number of anilines is 1. The van der Waals surface area contributed by atoms with Crippen molar-refractivity contribution in [3.63, 3.8) is 0 Å². The van der Waals surface area contributed by atoms with E-state index >= 15 is 0 Å². The summed E-state index contributed by atoms with van der Waals surface area (Å²) in [6.07, 6.45) is 0. The number of thiazole rings is 2. The average Bonchev–Trinajstić information content (AvgIpc) is 3.12. The Labute approximate surface area is 154 Å². The van der Waals surface area contributed by atoms with Gasteiger partial charge in [-0.1, -0.05) is 32.1 Å². The molecule has 0 saturated carbocycles. The maximum absolute atomic E-state index is 12.2. The molecule has 0 bridgehead atoms. The second-order valence-electron chi connectivity index (χ2n) is 5.72. The lowest BCUT2D eigenvalue weighted by atomic mass is 9.91. The SMILES string of the molecule is COC(=O)c1sc(NC(=O)c2csc(CN)n2)nc1C(C)(C)C.Cl. The van der Waals surface area contributed by atoms with Gasteiger partial charge in [0.05, 0.1) is 12.8 Å². The maximum Gasteiger partial charge on any atom is 0.350 e. The molecule has 0 aliphatic carbocycles. The first-order valence-corrected chi connectivity index (χ1v) is 8.51. The summed E-state index contributed by atoms with van der Waals surface area (Å²) in [6.45, 7) is 6.10. The molecule has 7 nitrogen and oxygen atoms in total. The molecule has 1 amide bonds. The van der Waals surface area contributed by atoms with Crippen LogP contribution in [0.3, 0.4) is 0 Å². The number of ether oxygens (including phenoxy) is 1. The Hall–Kier alpha value is -1.55. The van der Waals surface area contributed by atoms with Crippen molar-refractivity contribution in [1.82, 2.24) is 9.97 Å². The first kappa shape index (κ1) is 20.5. The number of nitrogens with two attached hydrogens (primary N) is 1. The van der Waals surface area contributed by atoms with Crippen LogP contribution < -0.4 is 11.1 Å². The summed E-state index contributed by atoms with van der Waals surface area (Å²) in [4.78, 5) is 33.0. The first-order valence-electron chi connectivity index (χ1n) is 6.81. The number of aromatic nitrogens is 2. The van der Waals surface area contributed by atoms with Gasteiger partial charge in [0, 0.05) is 17.3 Å². The lowest BCUT2D eigenvalue weighted by molar-refractivity contribution is 0.0603. The Kier molecular flexibility index (Phi) is 6.85. The van der Waals surface area contributed by atoms with E-state index in [2.05, 4.69) is 15.3 Å². The topological polar surface area (TPSA) is 107 Å². The minimum atomic E-state index is -0.466. The van der Waals surface area contributed by atoms with E-state index in [0.717, 1.165) is 11.3 Å². The number of amides is 1. The van der Waals surface area contributed by atoms with Gasteiger partial charge in [-0.05, 0) is 0 Å². The van der Waals surface area contributed by atoms with E-state index in [4.69, 9.17) is 10.5 Å². The lowest BCUT2D eigenvalue weighted by Gasteiger charge is -2.16. The van der Waals surface area contributed by atoms with Crippen molar-refractivity contribution >= 4 is 52.1 Å². The monoisotopic (exact) mass is 390 g/mol. The highest BCUT2D eigenvalue weighted by molar-refractivity contribution is 7.17. The summed E-state index contributed by atoms with van der Waals surface area (Å²) in [7, 11) is 1.32. The number of halogens is 1. The van der Waals surface area contributed by atoms with Gasteiger partial charge in [0.2, 0.25) is 0 Å². The fourth-order valence-electron chi connectivity index (χ4n) is 1.78. The van der Waals surface area contributed by atoms with E-state index in [-0.39, 0.29) is 36.0 Å². The summed E-state index contributed by atoms with van der Waals surface area (Å²) >= 11 is 2.41. The van der Waals surface area contributed by atoms with Gasteiger partial charge in [-0.3, -0.25) is 10.1 Å². The van der Waals surface area contributed by atoms with Crippen LogP contribution in [0.2, 0.25) is 0 Å². The zero-order valence-corrected chi connectivity index (χ0v) is 16.2. The molecule has 0 aromatic carbocycles. The Bertz CT molecular complexity index is 737. The molecule has 0 radical (unpaired) electrons. The summed E-state index contributed by atoms with van der Waals surface area (Å²) < 4.78 is 4.79. The molecule has 2 aromatic rings. The number of carbonyl (C=O) groups excluding carboxylic acids is 2. The van der Waals surface area contributed by atoms with Crippen molar-refractivity contribution in [1.29, 1.82) is 0 Å². The van der Waals surface area contributed by atoms with Crippen LogP contribution in [0, 0.1) is 0 Å². The standard InChI is InChI=1S/C14H18N4O3S2.ClH/c1-14(2,3)10-9(12(20)21-4)23-13(17-10)18-11(19)7-6-22-8(5-15)16-7;/h6H,5,15H2,1-4H3,(H,17,18,19);1H. The molecule has 3 N–H and O–H groups in total. The second-order valence-corrected chi connectivity index (χ2v) is 7.66. The third kappa shape index (κ3) is 4.50. The van der Waals surface area contributed by atoms with Gasteiger partial charge >= 0.3 is 5.97 Å². The van der Waals surface area contributed by atoms with Gasteiger partial charge in [-0.25, -0.2) is 14.8 Å². The highest BCUT2D eigenvalue weighted by atomic mass is 35.5. The average molecular weight is 391 g/mol. The Balaban J connectivity index is 0.00000288. The zero-order chi connectivity index (χ0) is 17.2. The predicted octanol–water partition coefficient (Wildman–Crippen LogP) is 2.82. The minimum Gasteiger partial charge on any atom is -0.465 e. The third-order valence-electron chi connectivity index (χ3n) is 2.89. The van der Waals surface area contributed by atoms with Crippen molar-refractivity contribution in [3.8, 4) is 0 Å². The lowest BCUT2D eigenvalue weighted by Crippen LogP contribution is -2.17. The van der Waals surface area contributed by atoms with Gasteiger partial charge < -0.3 is 10.5 Å². The van der Waals surface area contributed by atoms with Gasteiger partial charge in [0.25, 0.3) is 5.91 Å². The Morgan fingerprint density at radius 1 is 1.33 bits per heavy atom. The largest absolute Gasteiger partial charge is 0.465 e. The molecule has 0 atom stereocenters. The minimum absolute atomic E-state index is 0. The molecule has 24 heavy (non-hydrogen) atoms. The first-order chi connectivity index (χ1) is 10.8. The highest BCUT2D eigenvalue weighted by Gasteiger charge is 2.28. The van der Waals surface area contributed by atoms with Crippen LogP contribution in [0.1, 0.15) is 51.6 Å². The van der Waals surface area contributed by atoms with Gasteiger partial charge in [0.1, 0.15) is 15.6 Å². The number of esters is 1. The smallest absolute Gasteiger partial charge is 0.350 e. The van der Waals surface area contributed by atoms with Crippen molar-refractivity contribution in [3.05, 3.63) is 26.7 Å². The van der Waals surface area contributed by atoms with Crippen LogP contribution in [0.25, 0.3) is 0 Å². The number of rotatable bonds is 4. The molecule has 0 fully saturated rings. The third-order valence-corrected chi connectivity index (χ3v) is 4.71. The van der Waals surface area contributed by atoms with E-state index in [0.29, 0.717) is 20.7 Å². The molecule has 0 aliphatic rings. The molecule has 0 unspecified atom stereocenters. The molecule has 2 aromatic heterocycles. The van der Waals surface area contributed by atoms with Crippen molar-refractivity contribution in [2.24, 2.45) is 5.73 Å². The number of nitrogens with zero attached hydrogens (tertiary/aromatic N) is 2. The molecule has 0 spiro atoms. The van der Waals surface area contributed by atoms with Gasteiger partial charge in [-0.2, -0.15) is 0 Å². The number of carbonyl (C=O) groups is 2. The van der Waals surface area contributed by atoms with Crippen molar-refractivity contribution < 1.29 is 14.3 Å². The number of hydrogen-bond acceptors (Lipinski definition) is 8. The zero-order valence-electron chi connectivity index (χ0n) is 13.7. The summed E-state index contributed by atoms with van der Waals surface area (Å²) in [5.41, 5.74) is 6.01. The molecular weight excluding hydrogens is 372 g/mol. The molecule has 2 heterocycles. The van der Waals surface area contributed by atoms with Gasteiger partial charge in [-0.15, -0.1) is 23.7 Å². The van der Waals surface area contributed by atoms with Crippen LogP contribution >= 0.6 is 35.1 Å². The maximum atomic E-state index is 12.2. The van der Waals surface area contributed by atoms with E-state index < -0.39 is 5.97 Å². The van der Waals surface area contributed by atoms with E-state index in [9.17, 15) is 9.59 Å². The van der Waals surface area contributed by atoms with E-state index in [1.807, 2.05) is 20.8 Å². The highest BCUT2D eigenvalue weighted by Crippen LogP contribution is 2.32. The summed E-state index contributed by atoms with van der Waals surface area (Å²) in [5, 5.41) is 5.32. The molecular formula is C14H19ClN4O3S2. The van der Waals surface area contributed by atoms with E-state index in [1.165, 1.54) is 18.4 Å². The fraction of sp³-hybridized carbons (Fsp3) is 0.429. The molecule has 0 saturated heterocycles. The Morgan fingerprint density at radius 3 is 2.50 bits per heavy atom. The van der Waals surface area contributed by atoms with Gasteiger partial charge in [0.15, 0.2) is 5.13 Å². The fourth-order valence-corrected chi connectivity index (χ4v) is 3.53.